The Kier molecular flexibility index (Phi) is 3.94. The van der Waals surface area contributed by atoms with Crippen molar-refractivity contribution < 1.29 is 0 Å². The molecule has 2 rings (SSSR count). The molecule has 2 heteroatoms. The maximum absolute atomic E-state index is 6.26. The van der Waals surface area contributed by atoms with Crippen molar-refractivity contribution in [1.82, 2.24) is 4.98 Å². The molecule has 1 unspecified atom stereocenters. The van der Waals surface area contributed by atoms with Gasteiger partial charge in [-0.15, -0.1) is 0 Å². The predicted octanol–water partition coefficient (Wildman–Crippen LogP) is 3.36. The highest BCUT2D eigenvalue weighted by Crippen LogP contribution is 2.30. The Morgan fingerprint density at radius 3 is 2.81 bits per heavy atom. The van der Waals surface area contributed by atoms with Crippen LogP contribution in [0.25, 0.3) is 0 Å². The van der Waals surface area contributed by atoms with Crippen molar-refractivity contribution in [1.29, 1.82) is 0 Å². The highest BCUT2D eigenvalue weighted by Gasteiger charge is 2.19. The zero-order valence-corrected chi connectivity index (χ0v) is 10.2. The van der Waals surface area contributed by atoms with Gasteiger partial charge >= 0.3 is 0 Å². The zero-order valence-electron chi connectivity index (χ0n) is 10.2. The average Bonchev–Trinajstić information content (AvgIpc) is 2.31. The second kappa shape index (κ2) is 5.44. The van der Waals surface area contributed by atoms with Gasteiger partial charge in [0.1, 0.15) is 0 Å². The van der Waals surface area contributed by atoms with E-state index in [1.165, 1.54) is 37.7 Å². The van der Waals surface area contributed by atoms with Gasteiger partial charge in [0, 0.05) is 12.2 Å². The first-order chi connectivity index (χ1) is 7.77. The minimum absolute atomic E-state index is 0.129. The molecule has 0 amide bonds. The quantitative estimate of drug-likeness (QED) is 0.845. The summed E-state index contributed by atoms with van der Waals surface area (Å²) in [5, 5.41) is 0. The molecule has 1 atom stereocenters. The Morgan fingerprint density at radius 2 is 2.12 bits per heavy atom. The van der Waals surface area contributed by atoms with E-state index in [1.54, 1.807) is 0 Å². The fourth-order valence-corrected chi connectivity index (χ4v) is 2.78. The fourth-order valence-electron chi connectivity index (χ4n) is 2.78. The van der Waals surface area contributed by atoms with E-state index in [9.17, 15) is 0 Å². The standard InChI is InChI=1S/C14H22N2/c1-11-6-5-9-16-14(11)13(15)10-12-7-3-2-4-8-12/h5-6,9,12-13H,2-4,7-8,10,15H2,1H3. The summed E-state index contributed by atoms with van der Waals surface area (Å²) < 4.78 is 0. The lowest BCUT2D eigenvalue weighted by Crippen LogP contribution is -2.19. The molecule has 2 N–H and O–H groups in total. The number of pyridine rings is 1. The molecule has 16 heavy (non-hydrogen) atoms. The zero-order chi connectivity index (χ0) is 11.4. The second-order valence-corrected chi connectivity index (χ2v) is 5.05. The third-order valence-corrected chi connectivity index (χ3v) is 3.71. The van der Waals surface area contributed by atoms with E-state index < -0.39 is 0 Å². The molecule has 1 aromatic rings. The van der Waals surface area contributed by atoms with Crippen molar-refractivity contribution in [2.45, 2.75) is 51.5 Å². The number of nitrogens with zero attached hydrogens (tertiary/aromatic N) is 1. The van der Waals surface area contributed by atoms with Gasteiger partial charge in [-0.05, 0) is 30.9 Å². The normalized spacial score (nSPS) is 19.6. The Bertz CT molecular complexity index is 329. The summed E-state index contributed by atoms with van der Waals surface area (Å²) in [5.41, 5.74) is 8.58. The minimum atomic E-state index is 0.129. The molecular formula is C14H22N2. The Balaban J connectivity index is 1.96. The Morgan fingerprint density at radius 1 is 1.38 bits per heavy atom. The fraction of sp³-hybridized carbons (Fsp3) is 0.643. The summed E-state index contributed by atoms with van der Waals surface area (Å²) in [6.07, 6.45) is 9.87. The largest absolute Gasteiger partial charge is 0.323 e. The average molecular weight is 218 g/mol. The van der Waals surface area contributed by atoms with E-state index in [-0.39, 0.29) is 6.04 Å². The molecule has 1 aromatic heterocycles. The van der Waals surface area contributed by atoms with Gasteiger partial charge in [0.15, 0.2) is 0 Å². The molecule has 88 valence electrons. The molecule has 1 aliphatic rings. The summed E-state index contributed by atoms with van der Waals surface area (Å²) >= 11 is 0. The van der Waals surface area contributed by atoms with Crippen LogP contribution in [0.15, 0.2) is 18.3 Å². The van der Waals surface area contributed by atoms with Gasteiger partial charge in [-0.1, -0.05) is 38.2 Å². The van der Waals surface area contributed by atoms with E-state index in [0.717, 1.165) is 18.0 Å². The van der Waals surface area contributed by atoms with Crippen molar-refractivity contribution in [3.05, 3.63) is 29.6 Å². The number of nitrogens with two attached hydrogens (primary N) is 1. The van der Waals surface area contributed by atoms with Crippen LogP contribution in [0.5, 0.6) is 0 Å². The van der Waals surface area contributed by atoms with Gasteiger partial charge < -0.3 is 5.73 Å². The summed E-state index contributed by atoms with van der Waals surface area (Å²) in [4.78, 5) is 4.42. The van der Waals surface area contributed by atoms with Gasteiger partial charge in [0.2, 0.25) is 0 Å². The van der Waals surface area contributed by atoms with Gasteiger partial charge in [-0.2, -0.15) is 0 Å². The van der Waals surface area contributed by atoms with Crippen LogP contribution in [0.4, 0.5) is 0 Å². The molecular weight excluding hydrogens is 196 g/mol. The number of hydrogen-bond donors (Lipinski definition) is 1. The van der Waals surface area contributed by atoms with Gasteiger partial charge in [-0.3, -0.25) is 4.98 Å². The van der Waals surface area contributed by atoms with Crippen molar-refractivity contribution >= 4 is 0 Å². The molecule has 0 aromatic carbocycles. The highest BCUT2D eigenvalue weighted by molar-refractivity contribution is 5.20. The minimum Gasteiger partial charge on any atom is -0.323 e. The van der Waals surface area contributed by atoms with E-state index in [2.05, 4.69) is 18.0 Å². The van der Waals surface area contributed by atoms with Crippen LogP contribution in [0, 0.1) is 12.8 Å². The first-order valence-corrected chi connectivity index (χ1v) is 6.44. The van der Waals surface area contributed by atoms with Crippen LogP contribution in [0.1, 0.15) is 55.8 Å². The van der Waals surface area contributed by atoms with Gasteiger partial charge in [0.05, 0.1) is 5.69 Å². The third kappa shape index (κ3) is 2.82. The van der Waals surface area contributed by atoms with Crippen LogP contribution in [-0.4, -0.2) is 4.98 Å². The predicted molar refractivity (Wildman–Crippen MR) is 67.1 cm³/mol. The summed E-state index contributed by atoms with van der Waals surface area (Å²) in [5.74, 6) is 0.824. The molecule has 1 heterocycles. The van der Waals surface area contributed by atoms with E-state index in [0.29, 0.717) is 0 Å². The molecule has 0 bridgehead atoms. The van der Waals surface area contributed by atoms with Crippen molar-refractivity contribution in [2.75, 3.05) is 0 Å². The summed E-state index contributed by atoms with van der Waals surface area (Å²) in [6, 6.07) is 4.21. The van der Waals surface area contributed by atoms with Gasteiger partial charge in [0.25, 0.3) is 0 Å². The van der Waals surface area contributed by atoms with Gasteiger partial charge in [-0.25, -0.2) is 0 Å². The Hall–Kier alpha value is -0.890. The lowest BCUT2D eigenvalue weighted by atomic mass is 9.84. The van der Waals surface area contributed by atoms with Crippen LogP contribution >= 0.6 is 0 Å². The second-order valence-electron chi connectivity index (χ2n) is 5.05. The van der Waals surface area contributed by atoms with Crippen molar-refractivity contribution in [3.8, 4) is 0 Å². The number of aryl methyl sites for hydroxylation is 1. The highest BCUT2D eigenvalue weighted by atomic mass is 14.8. The summed E-state index contributed by atoms with van der Waals surface area (Å²) in [6.45, 7) is 2.10. The monoisotopic (exact) mass is 218 g/mol. The number of aromatic nitrogens is 1. The SMILES string of the molecule is Cc1cccnc1C(N)CC1CCCCC1. The molecule has 0 saturated heterocycles. The molecule has 1 saturated carbocycles. The van der Waals surface area contributed by atoms with Crippen LogP contribution in [0.3, 0.4) is 0 Å². The number of rotatable bonds is 3. The first-order valence-electron chi connectivity index (χ1n) is 6.44. The lowest BCUT2D eigenvalue weighted by Gasteiger charge is -2.24. The van der Waals surface area contributed by atoms with Crippen LogP contribution in [0.2, 0.25) is 0 Å². The first kappa shape index (κ1) is 11.6. The van der Waals surface area contributed by atoms with Crippen LogP contribution in [-0.2, 0) is 0 Å². The molecule has 0 spiro atoms. The molecule has 2 nitrogen and oxygen atoms in total. The molecule has 0 radical (unpaired) electrons. The molecule has 0 aliphatic heterocycles. The molecule has 1 fully saturated rings. The van der Waals surface area contributed by atoms with E-state index in [4.69, 9.17) is 5.73 Å². The summed E-state index contributed by atoms with van der Waals surface area (Å²) in [7, 11) is 0. The smallest absolute Gasteiger partial charge is 0.0600 e. The number of hydrogen-bond acceptors (Lipinski definition) is 2. The maximum atomic E-state index is 6.26. The van der Waals surface area contributed by atoms with Crippen LogP contribution < -0.4 is 5.73 Å². The van der Waals surface area contributed by atoms with Crippen molar-refractivity contribution in [2.24, 2.45) is 11.7 Å². The molecule has 1 aliphatic carbocycles. The Labute approximate surface area is 98.3 Å². The maximum Gasteiger partial charge on any atom is 0.0600 e. The van der Waals surface area contributed by atoms with E-state index >= 15 is 0 Å². The topological polar surface area (TPSA) is 38.9 Å². The lowest BCUT2D eigenvalue weighted by molar-refractivity contribution is 0.317. The van der Waals surface area contributed by atoms with Crippen molar-refractivity contribution in [3.63, 3.8) is 0 Å². The third-order valence-electron chi connectivity index (χ3n) is 3.71. The van der Waals surface area contributed by atoms with E-state index in [1.807, 2.05) is 12.3 Å².